The van der Waals surface area contributed by atoms with Gasteiger partial charge in [0.2, 0.25) is 5.89 Å². The molecule has 1 heterocycles. The number of rotatable bonds is 4. The van der Waals surface area contributed by atoms with Crippen molar-refractivity contribution in [3.63, 3.8) is 0 Å². The van der Waals surface area contributed by atoms with Crippen LogP contribution < -0.4 is 10.6 Å². The normalized spacial score (nSPS) is 22.0. The molecule has 2 rings (SSSR count). The zero-order valence-corrected chi connectivity index (χ0v) is 17.9. The summed E-state index contributed by atoms with van der Waals surface area (Å²) < 4.78 is 5.31. The molecule has 1 fully saturated rings. The third-order valence-corrected chi connectivity index (χ3v) is 4.45. The fraction of sp³-hybridized carbons (Fsp3) is 0.824. The zero-order chi connectivity index (χ0) is 16.9. The molecule has 0 spiro atoms. The van der Waals surface area contributed by atoms with Crippen LogP contribution in [0.15, 0.2) is 9.52 Å². The average molecular weight is 449 g/mol. The van der Waals surface area contributed by atoms with Crippen molar-refractivity contribution in [3.8, 4) is 0 Å². The van der Waals surface area contributed by atoms with Crippen molar-refractivity contribution in [1.82, 2.24) is 20.8 Å². The van der Waals surface area contributed by atoms with Gasteiger partial charge in [0.05, 0.1) is 6.54 Å². The number of nitrogens with zero attached hydrogens (tertiary/aromatic N) is 3. The van der Waals surface area contributed by atoms with Crippen molar-refractivity contribution < 1.29 is 4.52 Å². The van der Waals surface area contributed by atoms with Crippen LogP contribution in [0.1, 0.15) is 71.5 Å². The maximum Gasteiger partial charge on any atom is 0.232 e. The van der Waals surface area contributed by atoms with E-state index < -0.39 is 0 Å². The van der Waals surface area contributed by atoms with Gasteiger partial charge in [0.25, 0.3) is 0 Å². The van der Waals surface area contributed by atoms with Gasteiger partial charge >= 0.3 is 0 Å². The molecular formula is C17H32IN5O. The van der Waals surface area contributed by atoms with E-state index in [9.17, 15) is 0 Å². The first kappa shape index (κ1) is 21.2. The van der Waals surface area contributed by atoms with Crippen molar-refractivity contribution in [1.29, 1.82) is 0 Å². The number of hydrogen-bond acceptors (Lipinski definition) is 4. The quantitative estimate of drug-likeness (QED) is 0.417. The van der Waals surface area contributed by atoms with Crippen molar-refractivity contribution in [2.75, 3.05) is 7.05 Å². The van der Waals surface area contributed by atoms with E-state index >= 15 is 0 Å². The van der Waals surface area contributed by atoms with Gasteiger partial charge in [0, 0.05) is 18.5 Å². The summed E-state index contributed by atoms with van der Waals surface area (Å²) in [6, 6.07) is 0.510. The van der Waals surface area contributed by atoms with Crippen LogP contribution in [0.4, 0.5) is 0 Å². The van der Waals surface area contributed by atoms with Crippen LogP contribution in [0, 0.1) is 5.92 Å². The Morgan fingerprint density at radius 3 is 2.67 bits per heavy atom. The topological polar surface area (TPSA) is 75.3 Å². The van der Waals surface area contributed by atoms with Gasteiger partial charge in [-0.15, -0.1) is 24.0 Å². The van der Waals surface area contributed by atoms with Gasteiger partial charge in [-0.2, -0.15) is 4.98 Å². The molecule has 1 aliphatic rings. The van der Waals surface area contributed by atoms with Gasteiger partial charge in [0.15, 0.2) is 11.8 Å². The number of halogens is 1. The number of nitrogens with one attached hydrogen (secondary N) is 2. The van der Waals surface area contributed by atoms with Crippen molar-refractivity contribution in [2.24, 2.45) is 10.9 Å². The minimum atomic E-state index is -0.123. The van der Waals surface area contributed by atoms with Crippen LogP contribution in [0.5, 0.6) is 0 Å². The highest BCUT2D eigenvalue weighted by molar-refractivity contribution is 14.0. The second kappa shape index (κ2) is 9.58. The second-order valence-electron chi connectivity index (χ2n) is 7.47. The maximum absolute atomic E-state index is 5.31. The first-order chi connectivity index (χ1) is 10.9. The fourth-order valence-corrected chi connectivity index (χ4v) is 2.97. The van der Waals surface area contributed by atoms with E-state index in [4.69, 9.17) is 4.52 Å². The highest BCUT2D eigenvalue weighted by Gasteiger charge is 2.23. The number of guanidine groups is 1. The maximum atomic E-state index is 5.31. The van der Waals surface area contributed by atoms with Gasteiger partial charge < -0.3 is 15.2 Å². The van der Waals surface area contributed by atoms with Crippen LogP contribution in [-0.4, -0.2) is 29.2 Å². The molecule has 138 valence electrons. The summed E-state index contributed by atoms with van der Waals surface area (Å²) >= 11 is 0. The van der Waals surface area contributed by atoms with Crippen LogP contribution >= 0.6 is 24.0 Å². The summed E-state index contributed by atoms with van der Waals surface area (Å²) in [6.07, 6.45) is 6.37. The molecule has 1 aliphatic carbocycles. The summed E-state index contributed by atoms with van der Waals surface area (Å²) in [7, 11) is 1.80. The van der Waals surface area contributed by atoms with E-state index in [0.717, 1.165) is 11.9 Å². The largest absolute Gasteiger partial charge is 0.354 e. The average Bonchev–Trinajstić information content (AvgIpc) is 3.00. The Hall–Kier alpha value is -0.860. The van der Waals surface area contributed by atoms with E-state index in [0.29, 0.717) is 24.3 Å². The molecule has 0 saturated heterocycles. The molecule has 0 bridgehead atoms. The summed E-state index contributed by atoms with van der Waals surface area (Å²) in [5, 5.41) is 10.8. The van der Waals surface area contributed by atoms with Crippen molar-refractivity contribution in [2.45, 2.75) is 77.8 Å². The van der Waals surface area contributed by atoms with Crippen LogP contribution in [-0.2, 0) is 12.0 Å². The van der Waals surface area contributed by atoms with Crippen LogP contribution in [0.25, 0.3) is 0 Å². The lowest BCUT2D eigenvalue weighted by Gasteiger charge is -2.30. The summed E-state index contributed by atoms with van der Waals surface area (Å²) in [5.74, 6) is 2.98. The summed E-state index contributed by atoms with van der Waals surface area (Å²) in [6.45, 7) is 8.98. The second-order valence-corrected chi connectivity index (χ2v) is 7.47. The van der Waals surface area contributed by atoms with Crippen LogP contribution in [0.2, 0.25) is 0 Å². The molecule has 0 amide bonds. The highest BCUT2D eigenvalue weighted by atomic mass is 127. The van der Waals surface area contributed by atoms with Gasteiger partial charge in [-0.25, -0.2) is 0 Å². The molecule has 7 heteroatoms. The molecule has 0 aliphatic heterocycles. The van der Waals surface area contributed by atoms with Crippen molar-refractivity contribution in [3.05, 3.63) is 11.7 Å². The first-order valence-corrected chi connectivity index (χ1v) is 8.72. The standard InChI is InChI=1S/C17H31N5O.HI/c1-6-12-8-7-9-13(10-12)20-16(18-5)19-11-14-21-15(23-22-14)17(2,3)4;/h12-13H,6-11H2,1-5H3,(H2,18,19,20);1H. The van der Waals surface area contributed by atoms with Gasteiger partial charge in [-0.1, -0.05) is 52.1 Å². The lowest BCUT2D eigenvalue weighted by atomic mass is 9.84. The van der Waals surface area contributed by atoms with Gasteiger partial charge in [-0.3, -0.25) is 4.99 Å². The Balaban J connectivity index is 0.00000288. The third-order valence-electron chi connectivity index (χ3n) is 4.45. The lowest BCUT2D eigenvalue weighted by Crippen LogP contribution is -2.45. The third kappa shape index (κ3) is 6.22. The summed E-state index contributed by atoms with van der Waals surface area (Å²) in [4.78, 5) is 8.75. The SMILES string of the molecule is CCC1CCCC(NC(=NC)NCc2noc(C(C)(C)C)n2)C1.I. The molecule has 6 nitrogen and oxygen atoms in total. The predicted octanol–water partition coefficient (Wildman–Crippen LogP) is 3.62. The summed E-state index contributed by atoms with van der Waals surface area (Å²) in [5.41, 5.74) is -0.123. The zero-order valence-electron chi connectivity index (χ0n) is 15.6. The van der Waals surface area contributed by atoms with E-state index in [1.54, 1.807) is 7.05 Å². The minimum Gasteiger partial charge on any atom is -0.354 e. The Morgan fingerprint density at radius 2 is 2.08 bits per heavy atom. The predicted molar refractivity (Wildman–Crippen MR) is 108 cm³/mol. The Kier molecular flexibility index (Phi) is 8.45. The van der Waals surface area contributed by atoms with E-state index in [2.05, 4.69) is 53.5 Å². The minimum absolute atomic E-state index is 0. The Morgan fingerprint density at radius 1 is 1.33 bits per heavy atom. The number of hydrogen-bond donors (Lipinski definition) is 2. The monoisotopic (exact) mass is 449 g/mol. The molecule has 2 unspecified atom stereocenters. The van der Waals surface area contributed by atoms with Crippen molar-refractivity contribution >= 4 is 29.9 Å². The molecule has 2 atom stereocenters. The van der Waals surface area contributed by atoms with E-state index in [1.165, 1.54) is 32.1 Å². The van der Waals surface area contributed by atoms with Gasteiger partial charge in [-0.05, 0) is 18.8 Å². The molecule has 2 N–H and O–H groups in total. The van der Waals surface area contributed by atoms with E-state index in [1.807, 2.05) is 0 Å². The highest BCUT2D eigenvalue weighted by Crippen LogP contribution is 2.26. The van der Waals surface area contributed by atoms with E-state index in [-0.39, 0.29) is 29.4 Å². The molecule has 1 saturated carbocycles. The fourth-order valence-electron chi connectivity index (χ4n) is 2.97. The molecule has 0 radical (unpaired) electrons. The lowest BCUT2D eigenvalue weighted by molar-refractivity contribution is 0.298. The smallest absolute Gasteiger partial charge is 0.232 e. The number of aromatic nitrogens is 2. The first-order valence-electron chi connectivity index (χ1n) is 8.72. The Labute approximate surface area is 162 Å². The Bertz CT molecular complexity index is 523. The molecule has 1 aromatic heterocycles. The molecule has 0 aromatic carbocycles. The molecule has 1 aromatic rings. The molecule has 24 heavy (non-hydrogen) atoms. The number of aliphatic imine (C=N–C) groups is 1. The van der Waals surface area contributed by atoms with Gasteiger partial charge in [0.1, 0.15) is 0 Å². The molecular weight excluding hydrogens is 417 g/mol. The van der Waals surface area contributed by atoms with Crippen LogP contribution in [0.3, 0.4) is 0 Å².